The Morgan fingerprint density at radius 3 is 2.80 bits per heavy atom. The van der Waals surface area contributed by atoms with Gasteiger partial charge in [-0.15, -0.1) is 0 Å². The van der Waals surface area contributed by atoms with Crippen LogP contribution >= 0.6 is 0 Å². The van der Waals surface area contributed by atoms with Crippen LogP contribution in [0.2, 0.25) is 0 Å². The van der Waals surface area contributed by atoms with Crippen molar-refractivity contribution in [3.8, 4) is 0 Å². The molecule has 0 radical (unpaired) electrons. The summed E-state index contributed by atoms with van der Waals surface area (Å²) in [6, 6.07) is 1.28. The van der Waals surface area contributed by atoms with E-state index >= 15 is 0 Å². The second kappa shape index (κ2) is 8.32. The topological polar surface area (TPSA) is 27.7 Å². The molecule has 0 spiro atoms. The van der Waals surface area contributed by atoms with Crippen LogP contribution in [0.4, 0.5) is 0 Å². The monoisotopic (exact) mass is 283 g/mol. The number of likely N-dealkylation sites (N-methyl/N-ethyl adjacent to an activating group) is 1. The van der Waals surface area contributed by atoms with Gasteiger partial charge in [0.2, 0.25) is 0 Å². The Morgan fingerprint density at radius 1 is 1.20 bits per heavy atom. The fourth-order valence-electron chi connectivity index (χ4n) is 3.56. The molecule has 4 nitrogen and oxygen atoms in total. The summed E-state index contributed by atoms with van der Waals surface area (Å²) in [5.74, 6) is 0.666. The Balaban J connectivity index is 1.89. The van der Waals surface area contributed by atoms with E-state index in [2.05, 4.69) is 36.0 Å². The van der Waals surface area contributed by atoms with Gasteiger partial charge in [-0.05, 0) is 45.9 Å². The maximum absolute atomic E-state index is 5.73. The summed E-state index contributed by atoms with van der Waals surface area (Å²) in [4.78, 5) is 5.22. The largest absolute Gasteiger partial charge is 0.379 e. The quantitative estimate of drug-likeness (QED) is 0.798. The maximum atomic E-state index is 5.73. The molecule has 3 atom stereocenters. The molecular formula is C16H33N3O. The molecule has 0 aromatic heterocycles. The minimum atomic E-state index is 0.563. The Bertz CT molecular complexity index is 274. The molecule has 2 saturated heterocycles. The van der Waals surface area contributed by atoms with Crippen molar-refractivity contribution in [2.24, 2.45) is 5.92 Å². The van der Waals surface area contributed by atoms with Crippen molar-refractivity contribution in [2.75, 3.05) is 53.0 Å². The molecule has 2 rings (SSSR count). The van der Waals surface area contributed by atoms with Crippen LogP contribution in [0.1, 0.15) is 33.1 Å². The Hall–Kier alpha value is -0.160. The van der Waals surface area contributed by atoms with Crippen LogP contribution in [-0.2, 0) is 4.74 Å². The van der Waals surface area contributed by atoms with Crippen LogP contribution in [-0.4, -0.2) is 74.9 Å². The summed E-state index contributed by atoms with van der Waals surface area (Å²) in [5, 5.41) is 3.67. The number of hydrogen-bond acceptors (Lipinski definition) is 4. The van der Waals surface area contributed by atoms with E-state index in [1.165, 1.54) is 45.4 Å². The number of nitrogens with zero attached hydrogens (tertiary/aromatic N) is 2. The van der Waals surface area contributed by atoms with Crippen LogP contribution in [0, 0.1) is 5.92 Å². The summed E-state index contributed by atoms with van der Waals surface area (Å²) < 4.78 is 5.73. The molecule has 2 aliphatic heterocycles. The minimum absolute atomic E-state index is 0.563. The van der Waals surface area contributed by atoms with E-state index in [1.807, 2.05) is 0 Å². The second-order valence-corrected chi connectivity index (χ2v) is 6.53. The Kier molecular flexibility index (Phi) is 6.75. The summed E-state index contributed by atoms with van der Waals surface area (Å²) in [5.41, 5.74) is 0. The molecule has 0 amide bonds. The summed E-state index contributed by atoms with van der Waals surface area (Å²) >= 11 is 0. The molecule has 1 N–H and O–H groups in total. The van der Waals surface area contributed by atoms with E-state index in [4.69, 9.17) is 4.74 Å². The lowest BCUT2D eigenvalue weighted by Crippen LogP contribution is -2.46. The molecule has 20 heavy (non-hydrogen) atoms. The molecule has 2 heterocycles. The zero-order valence-corrected chi connectivity index (χ0v) is 13.6. The van der Waals surface area contributed by atoms with E-state index in [0.717, 1.165) is 25.8 Å². The molecule has 0 aliphatic carbocycles. The molecule has 4 heteroatoms. The van der Waals surface area contributed by atoms with Crippen LogP contribution in [0.5, 0.6) is 0 Å². The number of nitrogens with one attached hydrogen (secondary N) is 1. The number of ether oxygens (including phenoxy) is 1. The normalized spacial score (nSPS) is 33.5. The zero-order chi connectivity index (χ0) is 14.4. The maximum Gasteiger partial charge on any atom is 0.0623 e. The van der Waals surface area contributed by atoms with Crippen LogP contribution in [0.3, 0.4) is 0 Å². The molecular weight excluding hydrogens is 250 g/mol. The van der Waals surface area contributed by atoms with Crippen molar-refractivity contribution in [3.63, 3.8) is 0 Å². The lowest BCUT2D eigenvalue weighted by molar-refractivity contribution is 0.137. The first-order valence-electron chi connectivity index (χ1n) is 8.48. The second-order valence-electron chi connectivity index (χ2n) is 6.53. The van der Waals surface area contributed by atoms with Crippen LogP contribution in [0.25, 0.3) is 0 Å². The molecule has 0 aromatic rings. The van der Waals surface area contributed by atoms with Crippen molar-refractivity contribution in [1.29, 1.82) is 0 Å². The predicted molar refractivity (Wildman–Crippen MR) is 84.2 cm³/mol. The molecule has 3 unspecified atom stereocenters. The third-order valence-corrected chi connectivity index (χ3v) is 4.82. The highest BCUT2D eigenvalue weighted by Gasteiger charge is 2.32. The van der Waals surface area contributed by atoms with Gasteiger partial charge in [0.1, 0.15) is 0 Å². The smallest absolute Gasteiger partial charge is 0.0623 e. The van der Waals surface area contributed by atoms with Crippen LogP contribution < -0.4 is 5.32 Å². The van der Waals surface area contributed by atoms with Gasteiger partial charge in [0.15, 0.2) is 0 Å². The number of rotatable bonds is 6. The Morgan fingerprint density at radius 2 is 2.05 bits per heavy atom. The van der Waals surface area contributed by atoms with Gasteiger partial charge in [-0.1, -0.05) is 13.8 Å². The molecule has 118 valence electrons. The summed E-state index contributed by atoms with van der Waals surface area (Å²) in [7, 11) is 2.26. The average Bonchev–Trinajstić information content (AvgIpc) is 2.80. The summed E-state index contributed by atoms with van der Waals surface area (Å²) in [6.45, 7) is 12.4. The highest BCUT2D eigenvalue weighted by molar-refractivity contribution is 4.87. The van der Waals surface area contributed by atoms with E-state index in [-0.39, 0.29) is 0 Å². The van der Waals surface area contributed by atoms with Crippen molar-refractivity contribution >= 4 is 0 Å². The first-order chi connectivity index (χ1) is 9.74. The van der Waals surface area contributed by atoms with Gasteiger partial charge in [-0.2, -0.15) is 0 Å². The van der Waals surface area contributed by atoms with Crippen LogP contribution in [0.15, 0.2) is 0 Å². The molecule has 2 aliphatic rings. The molecule has 0 bridgehead atoms. The zero-order valence-electron chi connectivity index (χ0n) is 13.6. The third kappa shape index (κ3) is 4.42. The highest BCUT2D eigenvalue weighted by atomic mass is 16.5. The first kappa shape index (κ1) is 16.2. The van der Waals surface area contributed by atoms with Crippen molar-refractivity contribution in [3.05, 3.63) is 0 Å². The van der Waals surface area contributed by atoms with E-state index in [1.54, 1.807) is 0 Å². The van der Waals surface area contributed by atoms with E-state index in [0.29, 0.717) is 12.0 Å². The van der Waals surface area contributed by atoms with Gasteiger partial charge < -0.3 is 15.0 Å². The lowest BCUT2D eigenvalue weighted by Gasteiger charge is -2.33. The lowest BCUT2D eigenvalue weighted by atomic mass is 10.0. The van der Waals surface area contributed by atoms with Gasteiger partial charge in [0.25, 0.3) is 0 Å². The SMILES string of the molecule is CCCNC1COCC1CN1CCCN(C)CC1CC. The first-order valence-corrected chi connectivity index (χ1v) is 8.48. The van der Waals surface area contributed by atoms with Gasteiger partial charge in [0, 0.05) is 31.1 Å². The van der Waals surface area contributed by atoms with E-state index < -0.39 is 0 Å². The standard InChI is InChI=1S/C16H33N3O/c1-4-7-17-16-13-20-12-14(16)10-19-9-6-8-18(3)11-15(19)5-2/h14-17H,4-13H2,1-3H3. The van der Waals surface area contributed by atoms with Gasteiger partial charge in [-0.3, -0.25) is 4.90 Å². The van der Waals surface area contributed by atoms with Gasteiger partial charge >= 0.3 is 0 Å². The van der Waals surface area contributed by atoms with Crippen molar-refractivity contribution < 1.29 is 4.74 Å². The molecule has 0 saturated carbocycles. The fraction of sp³-hybridized carbons (Fsp3) is 1.00. The van der Waals surface area contributed by atoms with Gasteiger partial charge in [-0.25, -0.2) is 0 Å². The molecule has 0 aromatic carbocycles. The minimum Gasteiger partial charge on any atom is -0.379 e. The summed E-state index contributed by atoms with van der Waals surface area (Å²) in [6.07, 6.45) is 3.76. The highest BCUT2D eigenvalue weighted by Crippen LogP contribution is 2.20. The van der Waals surface area contributed by atoms with E-state index in [9.17, 15) is 0 Å². The predicted octanol–water partition coefficient (Wildman–Crippen LogP) is 1.42. The number of hydrogen-bond donors (Lipinski definition) is 1. The molecule has 2 fully saturated rings. The van der Waals surface area contributed by atoms with Crippen molar-refractivity contribution in [1.82, 2.24) is 15.1 Å². The fourth-order valence-corrected chi connectivity index (χ4v) is 3.56. The van der Waals surface area contributed by atoms with Gasteiger partial charge in [0.05, 0.1) is 13.2 Å². The Labute approximate surface area is 124 Å². The van der Waals surface area contributed by atoms with Crippen molar-refractivity contribution in [2.45, 2.75) is 45.2 Å². The average molecular weight is 283 g/mol. The third-order valence-electron chi connectivity index (χ3n) is 4.82.